The predicted octanol–water partition coefficient (Wildman–Crippen LogP) is 7.43. The van der Waals surface area contributed by atoms with Crippen LogP contribution in [0, 0.1) is 0 Å². The molecule has 1 unspecified atom stereocenters. The molecular weight excluding hydrogens is 507 g/mol. The molecule has 0 aliphatic rings. The quantitative estimate of drug-likeness (QED) is 0.247. The molecule has 4 nitrogen and oxygen atoms in total. The van der Waals surface area contributed by atoms with Gasteiger partial charge in [-0.25, -0.2) is 0 Å². The monoisotopic (exact) mass is 531 g/mol. The number of aliphatic hydroxyl groups is 1. The van der Waals surface area contributed by atoms with Gasteiger partial charge in [-0.2, -0.15) is 30.7 Å². The zero-order valence-electron chi connectivity index (χ0n) is 19.3. The summed E-state index contributed by atoms with van der Waals surface area (Å²) in [4.78, 5) is 1.66. The highest BCUT2D eigenvalue weighted by Gasteiger charge is 2.44. The molecular formula is C26H24F7NO3. The van der Waals surface area contributed by atoms with Crippen molar-refractivity contribution >= 4 is 5.69 Å². The lowest BCUT2D eigenvalue weighted by Crippen LogP contribution is -2.33. The molecule has 0 fully saturated rings. The fourth-order valence-electron chi connectivity index (χ4n) is 3.44. The van der Waals surface area contributed by atoms with Crippen molar-refractivity contribution in [1.29, 1.82) is 0 Å². The van der Waals surface area contributed by atoms with E-state index in [0.29, 0.717) is 22.7 Å². The minimum absolute atomic E-state index is 0.0222. The molecule has 37 heavy (non-hydrogen) atoms. The summed E-state index contributed by atoms with van der Waals surface area (Å²) in [6.07, 6.45) is -16.6. The molecule has 0 amide bonds. The molecule has 3 aromatic rings. The molecule has 11 heteroatoms. The Morgan fingerprint density at radius 1 is 0.784 bits per heavy atom. The zero-order chi connectivity index (χ0) is 27.1. The molecule has 0 bridgehead atoms. The molecule has 0 aromatic heterocycles. The molecule has 0 spiro atoms. The molecule has 0 aliphatic carbocycles. The Morgan fingerprint density at radius 2 is 1.43 bits per heavy atom. The maximum atomic E-state index is 13.3. The molecule has 0 aliphatic heterocycles. The molecule has 1 atom stereocenters. The third kappa shape index (κ3) is 8.56. The molecule has 1 N–H and O–H groups in total. The van der Waals surface area contributed by atoms with E-state index in [-0.39, 0.29) is 19.5 Å². The minimum atomic E-state index is -4.75. The van der Waals surface area contributed by atoms with Gasteiger partial charge in [-0.3, -0.25) is 0 Å². The van der Waals surface area contributed by atoms with Crippen molar-refractivity contribution in [3.8, 4) is 17.2 Å². The van der Waals surface area contributed by atoms with Gasteiger partial charge in [-0.15, -0.1) is 0 Å². The number of ether oxygens (including phenoxy) is 2. The van der Waals surface area contributed by atoms with Gasteiger partial charge in [0, 0.05) is 24.8 Å². The summed E-state index contributed by atoms with van der Waals surface area (Å²) in [6, 6.07) is 20.7. The van der Waals surface area contributed by atoms with Crippen molar-refractivity contribution in [2.24, 2.45) is 0 Å². The van der Waals surface area contributed by atoms with E-state index in [9.17, 15) is 35.8 Å². The molecule has 0 saturated carbocycles. The summed E-state index contributed by atoms with van der Waals surface area (Å²) in [5, 5.41) is 9.34. The van der Waals surface area contributed by atoms with Crippen LogP contribution >= 0.6 is 0 Å². The van der Waals surface area contributed by atoms with Crippen LogP contribution in [-0.2, 0) is 6.54 Å². The number of nitrogens with zero attached hydrogens (tertiary/aromatic N) is 1. The van der Waals surface area contributed by atoms with Crippen molar-refractivity contribution < 1.29 is 45.3 Å². The topological polar surface area (TPSA) is 41.9 Å². The van der Waals surface area contributed by atoms with Crippen molar-refractivity contribution in [3.63, 3.8) is 0 Å². The highest BCUT2D eigenvalue weighted by molar-refractivity contribution is 5.52. The van der Waals surface area contributed by atoms with E-state index in [4.69, 9.17) is 4.74 Å². The minimum Gasteiger partial charge on any atom is -0.457 e. The number of aliphatic hydroxyl groups excluding tert-OH is 1. The Morgan fingerprint density at radius 3 is 2.11 bits per heavy atom. The lowest BCUT2D eigenvalue weighted by Gasteiger charge is -2.27. The summed E-state index contributed by atoms with van der Waals surface area (Å²) in [7, 11) is 0. The van der Waals surface area contributed by atoms with E-state index in [1.54, 1.807) is 53.4 Å². The molecule has 0 saturated heterocycles. The fraction of sp³-hybridized carbons (Fsp3) is 0.308. The first-order valence-electron chi connectivity index (χ1n) is 11.2. The lowest BCUT2D eigenvalue weighted by molar-refractivity contribution is -0.253. The first-order chi connectivity index (χ1) is 17.4. The van der Waals surface area contributed by atoms with E-state index in [1.807, 2.05) is 6.07 Å². The maximum absolute atomic E-state index is 13.3. The summed E-state index contributed by atoms with van der Waals surface area (Å²) in [5.41, 5.74) is 0.924. The second-order valence-electron chi connectivity index (χ2n) is 8.15. The highest BCUT2D eigenvalue weighted by Crippen LogP contribution is 2.31. The van der Waals surface area contributed by atoms with Crippen LogP contribution in [-0.4, -0.2) is 36.5 Å². The summed E-state index contributed by atoms with van der Waals surface area (Å²) in [6.45, 7) is 0.0779. The van der Waals surface area contributed by atoms with Crippen LogP contribution in [0.3, 0.4) is 0 Å². The molecule has 200 valence electrons. The molecule has 0 heterocycles. The Labute approximate surface area is 208 Å². The van der Waals surface area contributed by atoms with Crippen molar-refractivity contribution in [2.45, 2.75) is 44.2 Å². The standard InChI is InChI=1S/C26H24F7NO3/c27-24(28)26(32,33)37-22-12-4-7-18(15-22)17-34(14-6-13-23(35)25(29,30)31)19-8-5-11-21(16-19)36-20-9-2-1-3-10-20/h1-5,7-12,15-16,23-24,35H,6,13-14,17H2. The van der Waals surface area contributed by atoms with E-state index >= 15 is 0 Å². The number of para-hydroxylation sites is 1. The van der Waals surface area contributed by atoms with E-state index in [0.717, 1.165) is 12.1 Å². The van der Waals surface area contributed by atoms with Crippen LogP contribution in [0.15, 0.2) is 78.9 Å². The van der Waals surface area contributed by atoms with Gasteiger partial charge in [0.2, 0.25) is 0 Å². The number of hydrogen-bond donors (Lipinski definition) is 1. The second-order valence-corrected chi connectivity index (χ2v) is 8.15. The number of alkyl halides is 7. The normalized spacial score (nSPS) is 12.9. The van der Waals surface area contributed by atoms with Gasteiger partial charge in [0.15, 0.2) is 0 Å². The Hall–Kier alpha value is -3.47. The van der Waals surface area contributed by atoms with Crippen LogP contribution < -0.4 is 14.4 Å². The maximum Gasteiger partial charge on any atom is 0.461 e. The van der Waals surface area contributed by atoms with Crippen LogP contribution in [0.1, 0.15) is 18.4 Å². The Kier molecular flexibility index (Phi) is 9.25. The number of benzene rings is 3. The van der Waals surface area contributed by atoms with Gasteiger partial charge in [-0.1, -0.05) is 36.4 Å². The summed E-state index contributed by atoms with van der Waals surface area (Å²) >= 11 is 0. The first kappa shape index (κ1) is 28.1. The number of halogens is 7. The average molecular weight is 531 g/mol. The van der Waals surface area contributed by atoms with Gasteiger partial charge in [0.1, 0.15) is 23.4 Å². The highest BCUT2D eigenvalue weighted by atomic mass is 19.4. The Balaban J connectivity index is 1.81. The van der Waals surface area contributed by atoms with Crippen LogP contribution in [0.25, 0.3) is 0 Å². The molecule has 3 rings (SSSR count). The van der Waals surface area contributed by atoms with E-state index in [1.165, 1.54) is 12.1 Å². The van der Waals surface area contributed by atoms with Gasteiger partial charge < -0.3 is 19.5 Å². The largest absolute Gasteiger partial charge is 0.461 e. The number of anilines is 1. The summed E-state index contributed by atoms with van der Waals surface area (Å²) < 4.78 is 99.9. The van der Waals surface area contributed by atoms with E-state index < -0.39 is 37.0 Å². The third-order valence-electron chi connectivity index (χ3n) is 5.22. The zero-order valence-corrected chi connectivity index (χ0v) is 19.3. The van der Waals surface area contributed by atoms with Gasteiger partial charge in [0.05, 0.1) is 0 Å². The van der Waals surface area contributed by atoms with Crippen molar-refractivity contribution in [3.05, 3.63) is 84.4 Å². The van der Waals surface area contributed by atoms with Gasteiger partial charge in [0.25, 0.3) is 0 Å². The van der Waals surface area contributed by atoms with Gasteiger partial charge >= 0.3 is 18.7 Å². The van der Waals surface area contributed by atoms with E-state index in [2.05, 4.69) is 4.74 Å². The fourth-order valence-corrected chi connectivity index (χ4v) is 3.44. The SMILES string of the molecule is OC(CCCN(Cc1cccc(OC(F)(F)C(F)F)c1)c1cccc(Oc2ccccc2)c1)C(F)(F)F. The van der Waals surface area contributed by atoms with Crippen LogP contribution in [0.2, 0.25) is 0 Å². The smallest absolute Gasteiger partial charge is 0.457 e. The second kappa shape index (κ2) is 12.2. The average Bonchev–Trinajstić information content (AvgIpc) is 2.83. The summed E-state index contributed by atoms with van der Waals surface area (Å²) in [5.74, 6) is 0.512. The number of rotatable bonds is 12. The van der Waals surface area contributed by atoms with Crippen molar-refractivity contribution in [1.82, 2.24) is 0 Å². The van der Waals surface area contributed by atoms with Crippen LogP contribution in [0.5, 0.6) is 17.2 Å². The van der Waals surface area contributed by atoms with Crippen molar-refractivity contribution in [2.75, 3.05) is 11.4 Å². The molecule has 0 radical (unpaired) electrons. The van der Waals surface area contributed by atoms with Crippen LogP contribution in [0.4, 0.5) is 36.4 Å². The lowest BCUT2D eigenvalue weighted by atomic mass is 10.1. The number of hydrogen-bond acceptors (Lipinski definition) is 4. The third-order valence-corrected chi connectivity index (χ3v) is 5.22. The predicted molar refractivity (Wildman–Crippen MR) is 123 cm³/mol. The first-order valence-corrected chi connectivity index (χ1v) is 11.2. The molecule has 3 aromatic carbocycles. The van der Waals surface area contributed by atoms with Gasteiger partial charge in [-0.05, 0) is 54.8 Å². The Bertz CT molecular complexity index is 1130.